The maximum absolute atomic E-state index is 5.19. The van der Waals surface area contributed by atoms with Gasteiger partial charge in [0.15, 0.2) is 0 Å². The van der Waals surface area contributed by atoms with Crippen molar-refractivity contribution in [3.63, 3.8) is 0 Å². The summed E-state index contributed by atoms with van der Waals surface area (Å²) in [4.78, 5) is 12.6. The Kier molecular flexibility index (Phi) is 4.71. The fourth-order valence-electron chi connectivity index (χ4n) is 7.22. The van der Waals surface area contributed by atoms with Crippen molar-refractivity contribution in [3.05, 3.63) is 152 Å². The smallest absolute Gasteiger partial charge is 0.344 e. The van der Waals surface area contributed by atoms with Crippen LogP contribution in [-0.4, -0.2) is 21.1 Å². The van der Waals surface area contributed by atoms with Gasteiger partial charge in [0.2, 0.25) is 5.78 Å². The molecule has 44 heavy (non-hydrogen) atoms. The highest BCUT2D eigenvalue weighted by Crippen LogP contribution is 2.55. The fraction of sp³-hybridized carbons (Fsp3) is 0. The van der Waals surface area contributed by atoms with Gasteiger partial charge in [0.05, 0.1) is 44.8 Å². The van der Waals surface area contributed by atoms with Crippen molar-refractivity contribution in [2.75, 3.05) is 14.4 Å². The predicted molar refractivity (Wildman–Crippen MR) is 181 cm³/mol. The van der Waals surface area contributed by atoms with Crippen molar-refractivity contribution in [1.82, 2.24) is 14.0 Å². The van der Waals surface area contributed by atoms with Gasteiger partial charge >= 0.3 is 7.12 Å². The summed E-state index contributed by atoms with van der Waals surface area (Å²) in [6.07, 6.45) is 0. The van der Waals surface area contributed by atoms with Crippen LogP contribution in [0.15, 0.2) is 152 Å². The molecule has 0 unspecified atom stereocenters. The summed E-state index contributed by atoms with van der Waals surface area (Å²) >= 11 is 0. The molecule has 0 amide bonds. The molecular weight excluding hydrogens is 539 g/mol. The molecule has 0 radical (unpaired) electrons. The lowest BCUT2D eigenvalue weighted by Crippen LogP contribution is -2.51. The topological polar surface area (TPSA) is 32.0 Å². The maximum Gasteiger partial charge on any atom is 0.519 e. The van der Waals surface area contributed by atoms with Gasteiger partial charge in [-0.1, -0.05) is 72.8 Å². The van der Waals surface area contributed by atoms with Gasteiger partial charge < -0.3 is 14.4 Å². The Labute approximate surface area is 254 Å². The van der Waals surface area contributed by atoms with Crippen LogP contribution in [0, 0.1) is 0 Å². The third-order valence-corrected chi connectivity index (χ3v) is 9.01. The van der Waals surface area contributed by atoms with E-state index in [9.17, 15) is 0 Å². The average Bonchev–Trinajstić information content (AvgIpc) is 3.80. The van der Waals surface area contributed by atoms with E-state index in [1.165, 1.54) is 22.7 Å². The zero-order valence-corrected chi connectivity index (χ0v) is 23.7. The molecule has 0 spiro atoms. The standard InChI is InChI=1S/C37H25BN6/c1-3-13-26(14-4-1)40-30-17-7-8-18-31(30)41-36-25-28(23-24-29(36)39-37(40)41)43-33-20-10-12-22-35(33)44-34-21-11-9-19-32(34)42(38(43)44)27-15-5-2-6-16-27/h1-25H. The summed E-state index contributed by atoms with van der Waals surface area (Å²) in [5, 5.41) is 0. The molecule has 0 aliphatic carbocycles. The lowest BCUT2D eigenvalue weighted by molar-refractivity contribution is 1.11. The number of aromatic nitrogens is 3. The lowest BCUT2D eigenvalue weighted by atomic mass is 9.86. The molecule has 2 aromatic heterocycles. The number of imidazole rings is 2. The summed E-state index contributed by atoms with van der Waals surface area (Å²) in [5.41, 5.74) is 12.5. The summed E-state index contributed by atoms with van der Waals surface area (Å²) in [5.74, 6) is 0.909. The minimum absolute atomic E-state index is 0.0984. The number of para-hydroxylation sites is 8. The molecule has 2 aliphatic heterocycles. The molecule has 0 fully saturated rings. The van der Waals surface area contributed by atoms with Crippen LogP contribution in [0.3, 0.4) is 0 Å². The zero-order valence-electron chi connectivity index (χ0n) is 23.7. The molecule has 0 saturated carbocycles. The van der Waals surface area contributed by atoms with E-state index in [0.29, 0.717) is 0 Å². The van der Waals surface area contributed by atoms with Crippen molar-refractivity contribution >= 4 is 69.1 Å². The van der Waals surface area contributed by atoms with Gasteiger partial charge in [-0.3, -0.25) is 8.97 Å². The summed E-state index contributed by atoms with van der Waals surface area (Å²) in [6, 6.07) is 53.9. The van der Waals surface area contributed by atoms with Crippen molar-refractivity contribution in [2.45, 2.75) is 0 Å². The Morgan fingerprint density at radius 2 is 0.932 bits per heavy atom. The molecule has 10 rings (SSSR count). The molecule has 8 aromatic rings. The Balaban J connectivity index is 1.23. The largest absolute Gasteiger partial charge is 0.519 e. The second-order valence-electron chi connectivity index (χ2n) is 11.3. The van der Waals surface area contributed by atoms with Crippen LogP contribution in [0.1, 0.15) is 0 Å². The van der Waals surface area contributed by atoms with Crippen LogP contribution < -0.4 is 14.4 Å². The van der Waals surface area contributed by atoms with Crippen molar-refractivity contribution in [3.8, 4) is 5.69 Å². The van der Waals surface area contributed by atoms with Crippen LogP contribution in [0.2, 0.25) is 0 Å². The van der Waals surface area contributed by atoms with Crippen molar-refractivity contribution in [2.24, 2.45) is 0 Å². The summed E-state index contributed by atoms with van der Waals surface area (Å²) in [7, 11) is -0.0984. The number of rotatable bonds is 3. The maximum atomic E-state index is 5.19. The highest BCUT2D eigenvalue weighted by atomic mass is 15.4. The second kappa shape index (κ2) is 8.78. The van der Waals surface area contributed by atoms with Crippen LogP contribution in [0.5, 0.6) is 0 Å². The number of hydrogen-bond acceptors (Lipinski definition) is 4. The Morgan fingerprint density at radius 1 is 0.409 bits per heavy atom. The average molecular weight is 564 g/mol. The molecule has 7 heteroatoms. The number of hydrogen-bond donors (Lipinski definition) is 0. The van der Waals surface area contributed by atoms with Gasteiger partial charge in [0.1, 0.15) is 0 Å². The van der Waals surface area contributed by atoms with E-state index in [2.05, 4.69) is 175 Å². The first-order valence-corrected chi connectivity index (χ1v) is 14.9. The van der Waals surface area contributed by atoms with E-state index in [1.54, 1.807) is 0 Å². The van der Waals surface area contributed by atoms with E-state index in [-0.39, 0.29) is 7.12 Å². The van der Waals surface area contributed by atoms with Crippen LogP contribution in [-0.2, 0) is 0 Å². The van der Waals surface area contributed by atoms with Gasteiger partial charge in [-0.15, -0.1) is 0 Å². The van der Waals surface area contributed by atoms with E-state index in [4.69, 9.17) is 4.98 Å². The van der Waals surface area contributed by atoms with Gasteiger partial charge in [-0.25, -0.2) is 4.98 Å². The van der Waals surface area contributed by atoms with Crippen LogP contribution >= 0.6 is 0 Å². The first-order valence-electron chi connectivity index (χ1n) is 14.9. The quantitative estimate of drug-likeness (QED) is 0.201. The van der Waals surface area contributed by atoms with E-state index < -0.39 is 0 Å². The molecule has 0 N–H and O–H groups in total. The molecule has 0 saturated heterocycles. The number of fused-ring (bicyclic) bond motifs is 10. The predicted octanol–water partition coefficient (Wildman–Crippen LogP) is 8.86. The molecule has 6 nitrogen and oxygen atoms in total. The van der Waals surface area contributed by atoms with Crippen molar-refractivity contribution in [1.29, 1.82) is 0 Å². The third kappa shape index (κ3) is 3.07. The third-order valence-electron chi connectivity index (χ3n) is 9.01. The van der Waals surface area contributed by atoms with E-state index in [0.717, 1.165) is 44.9 Å². The van der Waals surface area contributed by atoms with Crippen molar-refractivity contribution < 1.29 is 0 Å². The van der Waals surface area contributed by atoms with Gasteiger partial charge in [0, 0.05) is 17.1 Å². The highest BCUT2D eigenvalue weighted by molar-refractivity contribution is 6.80. The normalized spacial score (nSPS) is 13.7. The fourth-order valence-corrected chi connectivity index (χ4v) is 7.22. The molecule has 206 valence electrons. The molecule has 6 aromatic carbocycles. The highest BCUT2D eigenvalue weighted by Gasteiger charge is 2.53. The van der Waals surface area contributed by atoms with E-state index >= 15 is 0 Å². The summed E-state index contributed by atoms with van der Waals surface area (Å²) < 4.78 is 4.56. The monoisotopic (exact) mass is 564 g/mol. The van der Waals surface area contributed by atoms with Gasteiger partial charge in [0.25, 0.3) is 0 Å². The molecular formula is C37H25BN6. The zero-order chi connectivity index (χ0) is 28.8. The second-order valence-corrected chi connectivity index (χ2v) is 11.3. The molecule has 0 atom stereocenters. The SMILES string of the molecule is c1ccc(N2B3N(c4ccc5nc6n(-c7ccccc7)c7ccccc7n6c5c4)c4ccccc4N3c3ccccc32)cc1. The van der Waals surface area contributed by atoms with Gasteiger partial charge in [-0.05, 0) is 78.9 Å². The van der Waals surface area contributed by atoms with Crippen LogP contribution in [0.4, 0.5) is 34.1 Å². The summed E-state index contributed by atoms with van der Waals surface area (Å²) in [6.45, 7) is 0. The molecule has 0 bridgehead atoms. The number of nitrogens with zero attached hydrogens (tertiary/aromatic N) is 6. The Morgan fingerprint density at radius 3 is 1.59 bits per heavy atom. The Hall–Kier alpha value is -5.95. The first-order chi connectivity index (χ1) is 21.9. The minimum Gasteiger partial charge on any atom is -0.344 e. The minimum atomic E-state index is -0.0984. The van der Waals surface area contributed by atoms with Gasteiger partial charge in [-0.2, -0.15) is 0 Å². The van der Waals surface area contributed by atoms with E-state index in [1.807, 2.05) is 0 Å². The number of benzene rings is 6. The number of anilines is 6. The lowest BCUT2D eigenvalue weighted by Gasteiger charge is -2.31. The van der Waals surface area contributed by atoms with Crippen LogP contribution in [0.25, 0.3) is 33.5 Å². The molecule has 2 aliphatic rings. The Bertz CT molecular complexity index is 2360. The first kappa shape index (κ1) is 23.6. The molecule has 4 heterocycles.